The summed E-state index contributed by atoms with van der Waals surface area (Å²) in [7, 11) is -3.76. The molecule has 0 spiro atoms. The maximum Gasteiger partial charge on any atom is 0.290 e. The molecule has 0 saturated carbocycles. The minimum absolute atomic E-state index is 0.0149. The van der Waals surface area contributed by atoms with Crippen LogP contribution in [0.25, 0.3) is 10.8 Å². The van der Waals surface area contributed by atoms with Gasteiger partial charge in [-0.15, -0.1) is 0 Å². The molecule has 0 radical (unpaired) electrons. The molecule has 10 nitrogen and oxygen atoms in total. The number of hydrogen-bond donors (Lipinski definition) is 3. The van der Waals surface area contributed by atoms with Gasteiger partial charge < -0.3 is 0 Å². The molecule has 1 aliphatic rings. The minimum atomic E-state index is -3.76. The van der Waals surface area contributed by atoms with E-state index in [1.165, 1.54) is 28.6 Å². The van der Waals surface area contributed by atoms with Crippen molar-refractivity contribution in [3.63, 3.8) is 0 Å². The van der Waals surface area contributed by atoms with E-state index in [0.29, 0.717) is 18.5 Å². The molecule has 3 N–H and O–H groups in total. The van der Waals surface area contributed by atoms with Crippen LogP contribution in [0.15, 0.2) is 58.2 Å². The second-order valence-corrected chi connectivity index (χ2v) is 10.6. The van der Waals surface area contributed by atoms with Gasteiger partial charge in [-0.05, 0) is 42.5 Å². The van der Waals surface area contributed by atoms with Gasteiger partial charge in [-0.1, -0.05) is 38.1 Å². The molecule has 2 aromatic carbocycles. The van der Waals surface area contributed by atoms with E-state index in [9.17, 15) is 22.8 Å². The van der Waals surface area contributed by atoms with E-state index in [1.54, 1.807) is 24.3 Å². The van der Waals surface area contributed by atoms with Gasteiger partial charge in [-0.2, -0.15) is 9.40 Å². The van der Waals surface area contributed by atoms with E-state index in [0.717, 1.165) is 6.42 Å². The molecule has 1 aromatic heterocycles. The van der Waals surface area contributed by atoms with E-state index in [2.05, 4.69) is 21.0 Å². The normalized spacial score (nSPS) is 19.0. The highest BCUT2D eigenvalue weighted by molar-refractivity contribution is 7.89. The van der Waals surface area contributed by atoms with Crippen LogP contribution >= 0.6 is 0 Å². The maximum absolute atomic E-state index is 13.1. The molecule has 3 aromatic rings. The number of hydrazine groups is 1. The first-order valence-electron chi connectivity index (χ1n) is 10.8. The minimum Gasteiger partial charge on any atom is -0.267 e. The number of nitrogens with one attached hydrogen (secondary N) is 3. The third kappa shape index (κ3) is 4.70. The number of benzene rings is 2. The summed E-state index contributed by atoms with van der Waals surface area (Å²) in [6.07, 6.45) is 0.966. The van der Waals surface area contributed by atoms with Crippen molar-refractivity contribution in [2.24, 2.45) is 11.8 Å². The number of nitrogens with zero attached hydrogens (tertiary/aromatic N) is 2. The first-order chi connectivity index (χ1) is 16.2. The Kier molecular flexibility index (Phi) is 6.49. The van der Waals surface area contributed by atoms with Gasteiger partial charge in [0.2, 0.25) is 10.0 Å². The Labute approximate surface area is 196 Å². The van der Waals surface area contributed by atoms with Crippen LogP contribution in [0.2, 0.25) is 0 Å². The van der Waals surface area contributed by atoms with E-state index in [-0.39, 0.29) is 33.4 Å². The molecule has 2 atom stereocenters. The first kappa shape index (κ1) is 23.6. The zero-order valence-corrected chi connectivity index (χ0v) is 19.6. The summed E-state index contributed by atoms with van der Waals surface area (Å²) in [6.45, 7) is 4.90. The lowest BCUT2D eigenvalue weighted by molar-refractivity contribution is 0.0844. The van der Waals surface area contributed by atoms with Crippen LogP contribution in [0.5, 0.6) is 0 Å². The van der Waals surface area contributed by atoms with E-state index in [1.807, 2.05) is 13.8 Å². The van der Waals surface area contributed by atoms with Crippen molar-refractivity contribution in [2.45, 2.75) is 25.2 Å². The Bertz CT molecular complexity index is 1410. The number of piperidine rings is 1. The lowest BCUT2D eigenvalue weighted by atomic mass is 9.94. The van der Waals surface area contributed by atoms with Crippen LogP contribution in [-0.4, -0.2) is 47.8 Å². The molecule has 0 aliphatic carbocycles. The van der Waals surface area contributed by atoms with Gasteiger partial charge in [-0.25, -0.2) is 13.5 Å². The first-order valence-corrected chi connectivity index (χ1v) is 12.3. The highest BCUT2D eigenvalue weighted by Crippen LogP contribution is 2.27. The van der Waals surface area contributed by atoms with Crippen molar-refractivity contribution in [3.8, 4) is 0 Å². The Balaban J connectivity index is 1.50. The molecular formula is C23H25N5O5S. The van der Waals surface area contributed by atoms with Crippen molar-refractivity contribution < 1.29 is 18.0 Å². The summed E-state index contributed by atoms with van der Waals surface area (Å²) in [5.74, 6) is -0.934. The average Bonchev–Trinajstić information content (AvgIpc) is 2.82. The van der Waals surface area contributed by atoms with Gasteiger partial charge >= 0.3 is 0 Å². The topological polar surface area (TPSA) is 141 Å². The van der Waals surface area contributed by atoms with Crippen LogP contribution in [-0.2, 0) is 10.0 Å². The number of fused-ring (bicyclic) bond motifs is 1. The van der Waals surface area contributed by atoms with Crippen LogP contribution in [0.1, 0.15) is 41.1 Å². The Morgan fingerprint density at radius 1 is 0.971 bits per heavy atom. The van der Waals surface area contributed by atoms with Crippen molar-refractivity contribution >= 4 is 32.6 Å². The second kappa shape index (κ2) is 9.35. The molecule has 34 heavy (non-hydrogen) atoms. The monoisotopic (exact) mass is 483 g/mol. The lowest BCUT2D eigenvalue weighted by Crippen LogP contribution is -2.43. The van der Waals surface area contributed by atoms with E-state index in [4.69, 9.17) is 0 Å². The third-order valence-electron chi connectivity index (χ3n) is 5.77. The van der Waals surface area contributed by atoms with Gasteiger partial charge in [0.05, 0.1) is 10.3 Å². The fraction of sp³-hybridized carbons (Fsp3) is 0.304. The number of H-pyrrole nitrogens is 1. The Hall–Kier alpha value is -3.57. The zero-order valence-electron chi connectivity index (χ0n) is 18.7. The molecule has 2 heterocycles. The van der Waals surface area contributed by atoms with Gasteiger partial charge in [-0.3, -0.25) is 25.2 Å². The summed E-state index contributed by atoms with van der Waals surface area (Å²) in [4.78, 5) is 37.1. The molecule has 1 fully saturated rings. The van der Waals surface area contributed by atoms with E-state index < -0.39 is 27.4 Å². The van der Waals surface area contributed by atoms with Crippen LogP contribution in [0.3, 0.4) is 0 Å². The maximum atomic E-state index is 13.1. The predicted octanol–water partition coefficient (Wildman–Crippen LogP) is 1.66. The number of carbonyl (C=O) groups is 2. The average molecular weight is 484 g/mol. The van der Waals surface area contributed by atoms with Crippen LogP contribution in [0.4, 0.5) is 0 Å². The molecule has 0 unspecified atom stereocenters. The fourth-order valence-electron chi connectivity index (χ4n) is 4.28. The summed E-state index contributed by atoms with van der Waals surface area (Å²) < 4.78 is 27.7. The highest BCUT2D eigenvalue weighted by Gasteiger charge is 2.32. The van der Waals surface area contributed by atoms with Crippen LogP contribution < -0.4 is 16.4 Å². The number of aromatic amines is 1. The highest BCUT2D eigenvalue weighted by atomic mass is 32.2. The molecule has 1 saturated heterocycles. The number of sulfonamides is 1. The summed E-state index contributed by atoms with van der Waals surface area (Å²) in [6, 6.07) is 12.1. The van der Waals surface area contributed by atoms with Crippen molar-refractivity contribution in [1.29, 1.82) is 0 Å². The Morgan fingerprint density at radius 2 is 1.62 bits per heavy atom. The summed E-state index contributed by atoms with van der Waals surface area (Å²) in [5, 5.41) is 6.65. The SMILES string of the molecule is C[C@H]1C[C@H](C)CN(S(=O)(=O)c2cccc(C(=O)NNC(=O)c3n[nH]c(=O)c4ccccc34)c2)C1. The van der Waals surface area contributed by atoms with Crippen LogP contribution in [0, 0.1) is 11.8 Å². The molecule has 1 aliphatic heterocycles. The predicted molar refractivity (Wildman–Crippen MR) is 125 cm³/mol. The number of carbonyl (C=O) groups excluding carboxylic acids is 2. The quantitative estimate of drug-likeness (QED) is 0.482. The lowest BCUT2D eigenvalue weighted by Gasteiger charge is -2.34. The van der Waals surface area contributed by atoms with Gasteiger partial charge in [0.25, 0.3) is 17.4 Å². The zero-order chi connectivity index (χ0) is 24.5. The summed E-state index contributed by atoms with van der Waals surface area (Å²) in [5.41, 5.74) is 4.09. The molecule has 178 valence electrons. The fourth-order valence-corrected chi connectivity index (χ4v) is 6.01. The third-order valence-corrected chi connectivity index (χ3v) is 7.60. The summed E-state index contributed by atoms with van der Waals surface area (Å²) >= 11 is 0. The van der Waals surface area contributed by atoms with Gasteiger partial charge in [0, 0.05) is 24.0 Å². The van der Waals surface area contributed by atoms with E-state index >= 15 is 0 Å². The number of rotatable bonds is 4. The number of hydrogen-bond acceptors (Lipinski definition) is 6. The van der Waals surface area contributed by atoms with Crippen molar-refractivity contribution in [1.82, 2.24) is 25.4 Å². The van der Waals surface area contributed by atoms with Gasteiger partial charge in [0.1, 0.15) is 0 Å². The molecule has 11 heteroatoms. The number of amides is 2. The second-order valence-electron chi connectivity index (χ2n) is 8.65. The number of aromatic nitrogens is 2. The Morgan fingerprint density at radius 3 is 2.32 bits per heavy atom. The van der Waals surface area contributed by atoms with Crippen molar-refractivity contribution in [2.75, 3.05) is 13.1 Å². The molecule has 2 amide bonds. The van der Waals surface area contributed by atoms with Crippen molar-refractivity contribution in [3.05, 3.63) is 70.1 Å². The van der Waals surface area contributed by atoms with Gasteiger partial charge in [0.15, 0.2) is 5.69 Å². The smallest absolute Gasteiger partial charge is 0.267 e. The molecule has 4 rings (SSSR count). The standard InChI is InChI=1S/C23H25N5O5S/c1-14-10-15(2)13-28(12-14)34(32,33)17-7-5-6-16(11-17)21(29)25-27-23(31)20-18-8-3-4-9-19(18)22(30)26-24-20/h3-9,11,14-15H,10,12-13H2,1-2H3,(H,25,29)(H,26,30)(H,27,31)/t14-,15-/m0/s1. The molecule has 0 bridgehead atoms. The largest absolute Gasteiger partial charge is 0.290 e. The molecular weight excluding hydrogens is 458 g/mol.